The van der Waals surface area contributed by atoms with Gasteiger partial charge in [0, 0.05) is 38.1 Å². The lowest BCUT2D eigenvalue weighted by Crippen LogP contribution is -2.53. The molecule has 174 valence electrons. The number of aliphatic hydroxyl groups is 1. The minimum atomic E-state index is -1.04. The molecule has 3 fully saturated rings. The SMILES string of the molecule is CCN(CC)c1ccc(NC(=O)C2N(CCO)C(=O)[C@@H]3[C@@H](C(=O)NC)[C@H]4CCC23O4)cc1. The Morgan fingerprint density at radius 1 is 1.22 bits per heavy atom. The van der Waals surface area contributed by atoms with Gasteiger partial charge >= 0.3 is 0 Å². The second-order valence-corrected chi connectivity index (χ2v) is 8.63. The van der Waals surface area contributed by atoms with Crippen LogP contribution in [0.25, 0.3) is 0 Å². The molecule has 1 spiro atoms. The second-order valence-electron chi connectivity index (χ2n) is 8.63. The Bertz CT molecular complexity index is 887. The standard InChI is InChI=1S/C23H32N4O5/c1-4-26(5-2)15-8-6-14(7-9-15)25-21(30)19-23-11-10-16(32-23)17(20(29)24-3)18(23)22(31)27(19)12-13-28/h6-9,16-19,28H,4-5,10-13H2,1-3H3,(H,24,29)(H,25,30)/t16-,17+,18+,19?,23?/m1/s1. The fourth-order valence-corrected chi connectivity index (χ4v) is 5.82. The summed E-state index contributed by atoms with van der Waals surface area (Å²) < 4.78 is 6.25. The number of fused-ring (bicyclic) bond motifs is 1. The third kappa shape index (κ3) is 3.34. The zero-order valence-corrected chi connectivity index (χ0v) is 18.8. The van der Waals surface area contributed by atoms with Crippen LogP contribution in [0.5, 0.6) is 0 Å². The predicted octanol–water partition coefficient (Wildman–Crippen LogP) is 0.584. The topological polar surface area (TPSA) is 111 Å². The van der Waals surface area contributed by atoms with Gasteiger partial charge < -0.3 is 30.3 Å². The number of anilines is 2. The predicted molar refractivity (Wildman–Crippen MR) is 119 cm³/mol. The molecule has 3 amide bonds. The highest BCUT2D eigenvalue weighted by Crippen LogP contribution is 2.58. The summed E-state index contributed by atoms with van der Waals surface area (Å²) >= 11 is 0. The number of ether oxygens (including phenoxy) is 1. The molecule has 32 heavy (non-hydrogen) atoms. The summed E-state index contributed by atoms with van der Waals surface area (Å²) in [6.07, 6.45) is 0.781. The molecular weight excluding hydrogens is 412 g/mol. The summed E-state index contributed by atoms with van der Waals surface area (Å²) in [6, 6.07) is 6.69. The highest BCUT2D eigenvalue weighted by atomic mass is 16.5. The van der Waals surface area contributed by atoms with Crippen molar-refractivity contribution in [2.24, 2.45) is 11.8 Å². The van der Waals surface area contributed by atoms with Crippen molar-refractivity contribution >= 4 is 29.1 Å². The molecule has 0 radical (unpaired) electrons. The van der Waals surface area contributed by atoms with Crippen molar-refractivity contribution in [3.05, 3.63) is 24.3 Å². The van der Waals surface area contributed by atoms with Crippen molar-refractivity contribution in [3.63, 3.8) is 0 Å². The Labute approximate surface area is 188 Å². The first-order valence-electron chi connectivity index (χ1n) is 11.4. The number of carbonyl (C=O) groups is 3. The number of β-amino-alcohol motifs (C(OH)–C–C–N with tert-alkyl or cyclic N) is 1. The minimum absolute atomic E-state index is 0.0184. The molecule has 3 aliphatic rings. The van der Waals surface area contributed by atoms with Crippen molar-refractivity contribution in [2.45, 2.75) is 44.4 Å². The van der Waals surface area contributed by atoms with Crippen LogP contribution in [0.3, 0.4) is 0 Å². The maximum Gasteiger partial charge on any atom is 0.250 e. The van der Waals surface area contributed by atoms with Crippen molar-refractivity contribution in [3.8, 4) is 0 Å². The quantitative estimate of drug-likeness (QED) is 0.541. The van der Waals surface area contributed by atoms with E-state index in [9.17, 15) is 19.5 Å². The van der Waals surface area contributed by atoms with E-state index < -0.39 is 23.5 Å². The van der Waals surface area contributed by atoms with Crippen LogP contribution in [-0.4, -0.2) is 78.8 Å². The van der Waals surface area contributed by atoms with E-state index in [2.05, 4.69) is 29.4 Å². The van der Waals surface area contributed by atoms with E-state index in [1.165, 1.54) is 11.9 Å². The molecule has 9 heteroatoms. The summed E-state index contributed by atoms with van der Waals surface area (Å²) in [4.78, 5) is 42.9. The first kappa shape index (κ1) is 22.5. The molecule has 3 N–H and O–H groups in total. The van der Waals surface area contributed by atoms with Gasteiger partial charge in [-0.3, -0.25) is 14.4 Å². The fraction of sp³-hybridized carbons (Fsp3) is 0.609. The number of benzene rings is 1. The molecule has 0 aromatic heterocycles. The molecule has 4 rings (SSSR count). The third-order valence-electron chi connectivity index (χ3n) is 7.20. The van der Waals surface area contributed by atoms with Gasteiger partial charge in [-0.05, 0) is 51.0 Å². The first-order chi connectivity index (χ1) is 15.4. The van der Waals surface area contributed by atoms with E-state index in [0.717, 1.165) is 18.8 Å². The van der Waals surface area contributed by atoms with Crippen LogP contribution in [0, 0.1) is 11.8 Å². The van der Waals surface area contributed by atoms with Crippen LogP contribution in [0.15, 0.2) is 24.3 Å². The summed E-state index contributed by atoms with van der Waals surface area (Å²) in [5.74, 6) is -2.23. The van der Waals surface area contributed by atoms with E-state index in [-0.39, 0.29) is 37.0 Å². The molecule has 3 saturated heterocycles. The largest absolute Gasteiger partial charge is 0.395 e. The molecule has 5 atom stereocenters. The molecule has 0 saturated carbocycles. The lowest BCUT2D eigenvalue weighted by molar-refractivity contribution is -0.141. The van der Waals surface area contributed by atoms with Crippen molar-refractivity contribution in [1.29, 1.82) is 0 Å². The second kappa shape index (κ2) is 8.71. The fourth-order valence-electron chi connectivity index (χ4n) is 5.82. The monoisotopic (exact) mass is 444 g/mol. The van der Waals surface area contributed by atoms with Crippen LogP contribution in [0.1, 0.15) is 26.7 Å². The maximum atomic E-state index is 13.5. The lowest BCUT2D eigenvalue weighted by Gasteiger charge is -2.33. The Morgan fingerprint density at radius 2 is 1.91 bits per heavy atom. The zero-order chi connectivity index (χ0) is 23.0. The molecule has 9 nitrogen and oxygen atoms in total. The summed E-state index contributed by atoms with van der Waals surface area (Å²) in [6.45, 7) is 5.69. The first-order valence-corrected chi connectivity index (χ1v) is 11.4. The van der Waals surface area contributed by atoms with Crippen LogP contribution in [0.4, 0.5) is 11.4 Å². The number of hydrogen-bond donors (Lipinski definition) is 3. The van der Waals surface area contributed by atoms with Gasteiger partial charge in [-0.2, -0.15) is 0 Å². The smallest absolute Gasteiger partial charge is 0.250 e. The highest BCUT2D eigenvalue weighted by Gasteiger charge is 2.74. The van der Waals surface area contributed by atoms with E-state index >= 15 is 0 Å². The van der Waals surface area contributed by atoms with Crippen molar-refractivity contribution in [1.82, 2.24) is 10.2 Å². The van der Waals surface area contributed by atoms with Crippen LogP contribution < -0.4 is 15.5 Å². The van der Waals surface area contributed by atoms with Gasteiger partial charge in [0.05, 0.1) is 24.5 Å². The van der Waals surface area contributed by atoms with Gasteiger partial charge in [0.2, 0.25) is 17.7 Å². The number of aliphatic hydroxyl groups excluding tert-OH is 1. The summed E-state index contributed by atoms with van der Waals surface area (Å²) in [5, 5.41) is 15.1. The van der Waals surface area contributed by atoms with E-state index in [1.807, 2.05) is 24.3 Å². The lowest BCUT2D eigenvalue weighted by atomic mass is 9.70. The Kier molecular flexibility index (Phi) is 6.13. The minimum Gasteiger partial charge on any atom is -0.395 e. The molecule has 2 unspecified atom stereocenters. The van der Waals surface area contributed by atoms with Crippen molar-refractivity contribution in [2.75, 3.05) is 43.5 Å². The van der Waals surface area contributed by atoms with Crippen molar-refractivity contribution < 1.29 is 24.2 Å². The molecule has 3 heterocycles. The van der Waals surface area contributed by atoms with Gasteiger partial charge in [-0.25, -0.2) is 0 Å². The molecule has 0 aliphatic carbocycles. The molecule has 2 bridgehead atoms. The number of rotatable bonds is 8. The van der Waals surface area contributed by atoms with Gasteiger partial charge in [0.15, 0.2) is 0 Å². The highest BCUT2D eigenvalue weighted by molar-refractivity contribution is 6.03. The Morgan fingerprint density at radius 3 is 2.50 bits per heavy atom. The number of amides is 3. The molecule has 1 aromatic carbocycles. The molecule has 3 aliphatic heterocycles. The van der Waals surface area contributed by atoms with Gasteiger partial charge in [0.25, 0.3) is 0 Å². The van der Waals surface area contributed by atoms with E-state index in [0.29, 0.717) is 18.5 Å². The van der Waals surface area contributed by atoms with Crippen LogP contribution >= 0.6 is 0 Å². The number of hydrogen-bond acceptors (Lipinski definition) is 6. The van der Waals surface area contributed by atoms with Gasteiger partial charge in [0.1, 0.15) is 11.6 Å². The Balaban J connectivity index is 1.60. The third-order valence-corrected chi connectivity index (χ3v) is 7.20. The molecular formula is C23H32N4O5. The average Bonchev–Trinajstić information content (AvgIpc) is 3.43. The van der Waals surface area contributed by atoms with E-state index in [1.54, 1.807) is 0 Å². The number of likely N-dealkylation sites (tertiary alicyclic amines) is 1. The summed E-state index contributed by atoms with van der Waals surface area (Å²) in [5.41, 5.74) is 0.646. The van der Waals surface area contributed by atoms with E-state index in [4.69, 9.17) is 4.74 Å². The van der Waals surface area contributed by atoms with Crippen LogP contribution in [-0.2, 0) is 19.1 Å². The molecule has 1 aromatic rings. The van der Waals surface area contributed by atoms with Gasteiger partial charge in [-0.1, -0.05) is 0 Å². The summed E-state index contributed by atoms with van der Waals surface area (Å²) in [7, 11) is 1.54. The van der Waals surface area contributed by atoms with Crippen LogP contribution in [0.2, 0.25) is 0 Å². The normalized spacial score (nSPS) is 30.4. The zero-order valence-electron chi connectivity index (χ0n) is 18.8. The maximum absolute atomic E-state index is 13.5. The number of carbonyl (C=O) groups excluding carboxylic acids is 3. The number of nitrogens with zero attached hydrogens (tertiary/aromatic N) is 2. The Hall–Kier alpha value is -2.65. The average molecular weight is 445 g/mol. The number of nitrogens with one attached hydrogen (secondary N) is 2. The van der Waals surface area contributed by atoms with Gasteiger partial charge in [-0.15, -0.1) is 0 Å².